The van der Waals surface area contributed by atoms with Crippen molar-refractivity contribution in [2.75, 3.05) is 19.6 Å². The van der Waals surface area contributed by atoms with Gasteiger partial charge in [-0.1, -0.05) is 6.42 Å². The molecule has 2 rings (SSSR count). The average molecular weight is 263 g/mol. The molecule has 5 heteroatoms. The average Bonchev–Trinajstić information content (AvgIpc) is 2.99. The number of halogens is 1. The van der Waals surface area contributed by atoms with Crippen molar-refractivity contribution in [2.24, 2.45) is 11.8 Å². The molecule has 2 fully saturated rings. The van der Waals surface area contributed by atoms with Gasteiger partial charge in [0, 0.05) is 12.5 Å². The van der Waals surface area contributed by atoms with E-state index < -0.39 is 0 Å². The summed E-state index contributed by atoms with van der Waals surface area (Å²) in [5.41, 5.74) is 0. The van der Waals surface area contributed by atoms with E-state index in [4.69, 9.17) is 0 Å². The zero-order valence-corrected chi connectivity index (χ0v) is 11.0. The fourth-order valence-electron chi connectivity index (χ4n) is 2.27. The molecule has 2 saturated carbocycles. The van der Waals surface area contributed by atoms with Crippen LogP contribution in [0.1, 0.15) is 32.1 Å². The van der Waals surface area contributed by atoms with Gasteiger partial charge in [-0.2, -0.15) is 0 Å². The molecule has 0 aromatic carbocycles. The molecule has 3 N–H and O–H groups in total. The summed E-state index contributed by atoms with van der Waals surface area (Å²) in [4.78, 5) is 11.5. The van der Waals surface area contributed by atoms with E-state index in [1.807, 2.05) is 0 Å². The van der Waals surface area contributed by atoms with Gasteiger partial charge in [-0.15, -0.1) is 12.4 Å². The minimum atomic E-state index is -0.209. The molecule has 100 valence electrons. The molecule has 0 saturated heterocycles. The molecular formula is C12H23ClN2O2. The van der Waals surface area contributed by atoms with Crippen molar-refractivity contribution in [3.8, 4) is 0 Å². The lowest BCUT2D eigenvalue weighted by atomic mass is 10.1. The SMILES string of the molecule is Cl.O=C(CNCC1CC1)NCC1CCCC1O. The molecule has 0 aromatic rings. The molecule has 0 spiro atoms. The first-order valence-electron chi connectivity index (χ1n) is 6.41. The fourth-order valence-corrected chi connectivity index (χ4v) is 2.27. The van der Waals surface area contributed by atoms with Crippen molar-refractivity contribution >= 4 is 18.3 Å². The van der Waals surface area contributed by atoms with Crippen molar-refractivity contribution in [2.45, 2.75) is 38.2 Å². The zero-order valence-electron chi connectivity index (χ0n) is 10.2. The molecule has 2 aliphatic rings. The van der Waals surface area contributed by atoms with Crippen molar-refractivity contribution < 1.29 is 9.90 Å². The number of carbonyl (C=O) groups excluding carboxylic acids is 1. The van der Waals surface area contributed by atoms with Crippen LogP contribution in [0.3, 0.4) is 0 Å². The van der Waals surface area contributed by atoms with Gasteiger partial charge >= 0.3 is 0 Å². The molecule has 0 aromatic heterocycles. The number of hydrogen-bond acceptors (Lipinski definition) is 3. The van der Waals surface area contributed by atoms with Crippen LogP contribution in [0.15, 0.2) is 0 Å². The molecular weight excluding hydrogens is 240 g/mol. The first-order valence-corrected chi connectivity index (χ1v) is 6.41. The number of aliphatic hydroxyl groups excluding tert-OH is 1. The number of hydrogen-bond donors (Lipinski definition) is 3. The van der Waals surface area contributed by atoms with E-state index >= 15 is 0 Å². The van der Waals surface area contributed by atoms with Crippen molar-refractivity contribution in [3.05, 3.63) is 0 Å². The molecule has 0 aliphatic heterocycles. The van der Waals surface area contributed by atoms with Crippen LogP contribution in [0.2, 0.25) is 0 Å². The Hall–Kier alpha value is -0.320. The molecule has 0 radical (unpaired) electrons. The highest BCUT2D eigenvalue weighted by Crippen LogP contribution is 2.27. The van der Waals surface area contributed by atoms with E-state index in [9.17, 15) is 9.90 Å². The van der Waals surface area contributed by atoms with E-state index in [2.05, 4.69) is 10.6 Å². The summed E-state index contributed by atoms with van der Waals surface area (Å²) in [7, 11) is 0. The normalized spacial score (nSPS) is 27.6. The first kappa shape index (κ1) is 14.7. The highest BCUT2D eigenvalue weighted by atomic mass is 35.5. The van der Waals surface area contributed by atoms with Crippen LogP contribution in [0.25, 0.3) is 0 Å². The summed E-state index contributed by atoms with van der Waals surface area (Å²) in [6.45, 7) is 2.02. The van der Waals surface area contributed by atoms with Gasteiger partial charge in [-0.25, -0.2) is 0 Å². The van der Waals surface area contributed by atoms with E-state index in [0.29, 0.717) is 13.1 Å². The second-order valence-corrected chi connectivity index (χ2v) is 5.14. The van der Waals surface area contributed by atoms with Gasteiger partial charge in [-0.05, 0) is 38.1 Å². The lowest BCUT2D eigenvalue weighted by Crippen LogP contribution is -2.38. The van der Waals surface area contributed by atoms with Crippen LogP contribution in [-0.2, 0) is 4.79 Å². The molecule has 17 heavy (non-hydrogen) atoms. The maximum Gasteiger partial charge on any atom is 0.233 e. The van der Waals surface area contributed by atoms with Crippen molar-refractivity contribution in [1.82, 2.24) is 10.6 Å². The van der Waals surface area contributed by atoms with E-state index in [1.165, 1.54) is 12.8 Å². The number of carbonyl (C=O) groups is 1. The maximum atomic E-state index is 11.5. The van der Waals surface area contributed by atoms with E-state index in [0.717, 1.165) is 31.7 Å². The van der Waals surface area contributed by atoms with E-state index in [-0.39, 0.29) is 30.3 Å². The highest BCUT2D eigenvalue weighted by molar-refractivity contribution is 5.85. The minimum Gasteiger partial charge on any atom is -0.393 e. The first-order chi connectivity index (χ1) is 7.75. The third-order valence-electron chi connectivity index (χ3n) is 3.60. The predicted octanol–water partition coefficient (Wildman–Crippen LogP) is 0.685. The smallest absolute Gasteiger partial charge is 0.233 e. The fraction of sp³-hybridized carbons (Fsp3) is 0.917. The summed E-state index contributed by atoms with van der Waals surface area (Å²) in [6.07, 6.45) is 5.42. The molecule has 1 amide bonds. The largest absolute Gasteiger partial charge is 0.393 e. The summed E-state index contributed by atoms with van der Waals surface area (Å²) >= 11 is 0. The van der Waals surface area contributed by atoms with Gasteiger partial charge in [0.1, 0.15) is 0 Å². The van der Waals surface area contributed by atoms with Gasteiger partial charge in [-0.3, -0.25) is 4.79 Å². The Morgan fingerprint density at radius 3 is 2.53 bits per heavy atom. The lowest BCUT2D eigenvalue weighted by Gasteiger charge is -2.15. The van der Waals surface area contributed by atoms with Crippen LogP contribution in [-0.4, -0.2) is 36.8 Å². The van der Waals surface area contributed by atoms with Gasteiger partial charge in [0.05, 0.1) is 12.6 Å². The van der Waals surface area contributed by atoms with Crippen LogP contribution in [0.4, 0.5) is 0 Å². The Balaban J connectivity index is 0.00000144. The molecule has 4 nitrogen and oxygen atoms in total. The van der Waals surface area contributed by atoms with Gasteiger partial charge in [0.25, 0.3) is 0 Å². The lowest BCUT2D eigenvalue weighted by molar-refractivity contribution is -0.120. The molecule has 2 atom stereocenters. The Labute approximate surface area is 109 Å². The van der Waals surface area contributed by atoms with Gasteiger partial charge < -0.3 is 15.7 Å². The standard InChI is InChI=1S/C12H22N2O2.ClH/c15-11-3-1-2-10(11)7-14-12(16)8-13-6-9-4-5-9;/h9-11,13,15H,1-8H2,(H,14,16);1H. The zero-order chi connectivity index (χ0) is 11.4. The number of aliphatic hydroxyl groups is 1. The minimum absolute atomic E-state index is 0. The van der Waals surface area contributed by atoms with Crippen LogP contribution in [0.5, 0.6) is 0 Å². The van der Waals surface area contributed by atoms with Crippen molar-refractivity contribution in [1.29, 1.82) is 0 Å². The topological polar surface area (TPSA) is 61.4 Å². The van der Waals surface area contributed by atoms with Crippen LogP contribution >= 0.6 is 12.4 Å². The van der Waals surface area contributed by atoms with Crippen LogP contribution < -0.4 is 10.6 Å². The highest BCUT2D eigenvalue weighted by Gasteiger charge is 2.25. The Morgan fingerprint density at radius 1 is 1.18 bits per heavy atom. The van der Waals surface area contributed by atoms with Gasteiger partial charge in [0.15, 0.2) is 0 Å². The quantitative estimate of drug-likeness (QED) is 0.660. The van der Waals surface area contributed by atoms with Crippen LogP contribution in [0, 0.1) is 11.8 Å². The summed E-state index contributed by atoms with van der Waals surface area (Å²) < 4.78 is 0. The molecule has 2 aliphatic carbocycles. The summed E-state index contributed by atoms with van der Waals surface area (Å²) in [6, 6.07) is 0. The van der Waals surface area contributed by atoms with Crippen molar-refractivity contribution in [3.63, 3.8) is 0 Å². The molecule has 2 unspecified atom stereocenters. The third kappa shape index (κ3) is 5.23. The third-order valence-corrected chi connectivity index (χ3v) is 3.60. The maximum absolute atomic E-state index is 11.5. The Kier molecular flexibility index (Phi) is 6.23. The monoisotopic (exact) mass is 262 g/mol. The second-order valence-electron chi connectivity index (χ2n) is 5.14. The van der Waals surface area contributed by atoms with E-state index in [1.54, 1.807) is 0 Å². The Bertz CT molecular complexity index is 247. The number of rotatable bonds is 6. The molecule has 0 bridgehead atoms. The number of amides is 1. The predicted molar refractivity (Wildman–Crippen MR) is 69.2 cm³/mol. The van der Waals surface area contributed by atoms with Gasteiger partial charge in [0.2, 0.25) is 5.91 Å². The summed E-state index contributed by atoms with van der Waals surface area (Å²) in [5, 5.41) is 15.6. The number of nitrogens with one attached hydrogen (secondary N) is 2. The second kappa shape index (κ2) is 7.19. The Morgan fingerprint density at radius 2 is 1.94 bits per heavy atom. The summed E-state index contributed by atoms with van der Waals surface area (Å²) in [5.74, 6) is 1.14. The molecule has 0 heterocycles.